The number of hydrogen-bond acceptors (Lipinski definition) is 3. The van der Waals surface area contributed by atoms with Crippen LogP contribution in [0, 0.1) is 5.92 Å². The van der Waals surface area contributed by atoms with Gasteiger partial charge in [-0.3, -0.25) is 19.3 Å². The van der Waals surface area contributed by atoms with Crippen LogP contribution in [0.2, 0.25) is 0 Å². The summed E-state index contributed by atoms with van der Waals surface area (Å²) < 4.78 is 0. The third-order valence-electron chi connectivity index (χ3n) is 3.19. The molecule has 1 aromatic rings. The highest BCUT2D eigenvalue weighted by Gasteiger charge is 2.36. The number of rotatable bonds is 5. The van der Waals surface area contributed by atoms with Gasteiger partial charge in [-0.25, -0.2) is 0 Å². The largest absolute Gasteiger partial charge is 0.349 e. The minimum atomic E-state index is -0.331. The smallest absolute Gasteiger partial charge is 0.261 e. The molecule has 0 spiro atoms. The van der Waals surface area contributed by atoms with Gasteiger partial charge in [-0.1, -0.05) is 19.9 Å². The van der Waals surface area contributed by atoms with Crippen molar-refractivity contribution in [2.24, 2.45) is 5.92 Å². The summed E-state index contributed by atoms with van der Waals surface area (Å²) in [4.78, 5) is 37.6. The van der Waals surface area contributed by atoms with Gasteiger partial charge >= 0.3 is 0 Å². The van der Waals surface area contributed by atoms with Crippen LogP contribution >= 0.6 is 0 Å². The molecule has 0 saturated carbocycles. The Bertz CT molecular complexity index is 620. The van der Waals surface area contributed by atoms with Crippen LogP contribution in [-0.4, -0.2) is 35.7 Å². The summed E-state index contributed by atoms with van der Waals surface area (Å²) in [5.74, 6) is -0.716. The Hall–Kier alpha value is -2.43. The molecular formula is C16H18N2O3. The number of fused-ring (bicyclic) bond motifs is 1. The Morgan fingerprint density at radius 1 is 1.29 bits per heavy atom. The van der Waals surface area contributed by atoms with E-state index in [0.29, 0.717) is 29.8 Å². The highest BCUT2D eigenvalue weighted by Crippen LogP contribution is 2.24. The van der Waals surface area contributed by atoms with E-state index in [0.717, 1.165) is 0 Å². The van der Waals surface area contributed by atoms with Crippen molar-refractivity contribution < 1.29 is 14.4 Å². The number of carbonyl (C=O) groups excluding carboxylic acids is 3. The van der Waals surface area contributed by atoms with Crippen LogP contribution in [0.25, 0.3) is 0 Å². The molecule has 1 heterocycles. The van der Waals surface area contributed by atoms with Crippen molar-refractivity contribution in [1.29, 1.82) is 0 Å². The van der Waals surface area contributed by atoms with Gasteiger partial charge < -0.3 is 5.32 Å². The lowest BCUT2D eigenvalue weighted by Crippen LogP contribution is -2.33. The molecule has 0 unspecified atom stereocenters. The van der Waals surface area contributed by atoms with Crippen LogP contribution < -0.4 is 5.32 Å². The summed E-state index contributed by atoms with van der Waals surface area (Å²) in [6.07, 6.45) is 1.57. The van der Waals surface area contributed by atoms with Crippen molar-refractivity contribution in [3.05, 3.63) is 47.5 Å². The maximum Gasteiger partial charge on any atom is 0.261 e. The van der Waals surface area contributed by atoms with E-state index in [-0.39, 0.29) is 23.6 Å². The van der Waals surface area contributed by atoms with Gasteiger partial charge in [-0.05, 0) is 24.1 Å². The topological polar surface area (TPSA) is 66.5 Å². The summed E-state index contributed by atoms with van der Waals surface area (Å²) >= 11 is 0. The molecular weight excluding hydrogens is 268 g/mol. The lowest BCUT2D eigenvalue weighted by Gasteiger charge is -2.15. The maximum atomic E-state index is 12.3. The molecule has 5 heteroatoms. The number of nitrogens with one attached hydrogen (secondary N) is 1. The first-order valence-electron chi connectivity index (χ1n) is 6.85. The molecule has 5 nitrogen and oxygen atoms in total. The molecule has 3 amide bonds. The zero-order valence-electron chi connectivity index (χ0n) is 12.2. The monoisotopic (exact) mass is 286 g/mol. The Balaban J connectivity index is 2.29. The molecule has 0 saturated heterocycles. The fourth-order valence-corrected chi connectivity index (χ4v) is 2.23. The third kappa shape index (κ3) is 2.86. The van der Waals surface area contributed by atoms with E-state index >= 15 is 0 Å². The van der Waals surface area contributed by atoms with E-state index < -0.39 is 0 Å². The van der Waals surface area contributed by atoms with E-state index in [2.05, 4.69) is 11.9 Å². The maximum absolute atomic E-state index is 12.3. The minimum absolute atomic E-state index is 0.197. The Morgan fingerprint density at radius 3 is 2.57 bits per heavy atom. The number of carbonyl (C=O) groups is 3. The number of hydrogen-bond donors (Lipinski definition) is 1. The zero-order chi connectivity index (χ0) is 15.6. The standard InChI is InChI=1S/C16H18N2O3/c1-4-7-17-14(19)11-5-6-12-13(8-11)16(21)18(15(12)20)9-10(2)3/h4-6,8,10H,1,7,9H2,2-3H3,(H,17,19). The van der Waals surface area contributed by atoms with Crippen molar-refractivity contribution in [3.63, 3.8) is 0 Å². The second-order valence-corrected chi connectivity index (χ2v) is 5.37. The van der Waals surface area contributed by atoms with Gasteiger partial charge in [0.2, 0.25) is 0 Å². The normalized spacial score (nSPS) is 13.6. The predicted molar refractivity (Wildman–Crippen MR) is 79.2 cm³/mol. The van der Waals surface area contributed by atoms with E-state index in [1.165, 1.54) is 11.0 Å². The van der Waals surface area contributed by atoms with Gasteiger partial charge in [-0.2, -0.15) is 0 Å². The highest BCUT2D eigenvalue weighted by molar-refractivity contribution is 6.22. The molecule has 1 N–H and O–H groups in total. The summed E-state index contributed by atoms with van der Waals surface area (Å²) in [5, 5.41) is 2.64. The summed E-state index contributed by atoms with van der Waals surface area (Å²) in [6.45, 7) is 8.14. The number of amides is 3. The number of imide groups is 1. The molecule has 0 fully saturated rings. The van der Waals surface area contributed by atoms with Crippen LogP contribution in [-0.2, 0) is 0 Å². The van der Waals surface area contributed by atoms with Crippen LogP contribution in [0.1, 0.15) is 44.9 Å². The molecule has 0 atom stereocenters. The fourth-order valence-electron chi connectivity index (χ4n) is 2.23. The van der Waals surface area contributed by atoms with Crippen LogP contribution in [0.5, 0.6) is 0 Å². The van der Waals surface area contributed by atoms with Crippen molar-refractivity contribution in [1.82, 2.24) is 10.2 Å². The van der Waals surface area contributed by atoms with Crippen LogP contribution in [0.15, 0.2) is 30.9 Å². The predicted octanol–water partition coefficient (Wildman–Crippen LogP) is 1.85. The molecule has 0 bridgehead atoms. The molecule has 2 rings (SSSR count). The lowest BCUT2D eigenvalue weighted by atomic mass is 10.1. The van der Waals surface area contributed by atoms with Crippen molar-refractivity contribution >= 4 is 17.7 Å². The van der Waals surface area contributed by atoms with E-state index in [1.54, 1.807) is 18.2 Å². The third-order valence-corrected chi connectivity index (χ3v) is 3.19. The fraction of sp³-hybridized carbons (Fsp3) is 0.312. The van der Waals surface area contributed by atoms with Gasteiger partial charge in [-0.15, -0.1) is 6.58 Å². The van der Waals surface area contributed by atoms with Gasteiger partial charge in [0.05, 0.1) is 11.1 Å². The molecule has 1 aromatic carbocycles. The molecule has 1 aliphatic heterocycles. The van der Waals surface area contributed by atoms with Gasteiger partial charge in [0, 0.05) is 18.7 Å². The summed E-state index contributed by atoms with van der Waals surface area (Å²) in [6, 6.07) is 4.58. The molecule has 0 radical (unpaired) electrons. The second kappa shape index (κ2) is 5.91. The van der Waals surface area contributed by atoms with Crippen LogP contribution in [0.4, 0.5) is 0 Å². The first-order chi connectivity index (χ1) is 9.95. The second-order valence-electron chi connectivity index (χ2n) is 5.37. The quantitative estimate of drug-likeness (QED) is 0.663. The average molecular weight is 286 g/mol. The summed E-state index contributed by atoms with van der Waals surface area (Å²) in [5.41, 5.74) is 1.02. The highest BCUT2D eigenvalue weighted by atomic mass is 16.2. The molecule has 21 heavy (non-hydrogen) atoms. The van der Waals surface area contributed by atoms with E-state index in [9.17, 15) is 14.4 Å². The SMILES string of the molecule is C=CCNC(=O)c1ccc2c(c1)C(=O)N(CC(C)C)C2=O. The molecule has 0 aliphatic carbocycles. The van der Waals surface area contributed by atoms with E-state index in [4.69, 9.17) is 0 Å². The molecule has 110 valence electrons. The number of nitrogens with zero attached hydrogens (tertiary/aromatic N) is 1. The van der Waals surface area contributed by atoms with Crippen molar-refractivity contribution in [3.8, 4) is 0 Å². The zero-order valence-corrected chi connectivity index (χ0v) is 12.2. The number of benzene rings is 1. The lowest BCUT2D eigenvalue weighted by molar-refractivity contribution is 0.0636. The summed E-state index contributed by atoms with van der Waals surface area (Å²) in [7, 11) is 0. The molecule has 1 aliphatic rings. The van der Waals surface area contributed by atoms with Gasteiger partial charge in [0.1, 0.15) is 0 Å². The Morgan fingerprint density at radius 2 is 1.95 bits per heavy atom. The molecule has 0 aromatic heterocycles. The first kappa shape index (κ1) is 15.0. The Kier molecular flexibility index (Phi) is 4.21. The first-order valence-corrected chi connectivity index (χ1v) is 6.85. The van der Waals surface area contributed by atoms with Crippen molar-refractivity contribution in [2.45, 2.75) is 13.8 Å². The minimum Gasteiger partial charge on any atom is -0.349 e. The van der Waals surface area contributed by atoms with Crippen LogP contribution in [0.3, 0.4) is 0 Å². The van der Waals surface area contributed by atoms with E-state index in [1.807, 2.05) is 13.8 Å². The Labute approximate surface area is 123 Å². The van der Waals surface area contributed by atoms with Crippen molar-refractivity contribution in [2.75, 3.05) is 13.1 Å². The van der Waals surface area contributed by atoms with Gasteiger partial charge in [0.25, 0.3) is 17.7 Å². The van der Waals surface area contributed by atoms with Gasteiger partial charge in [0.15, 0.2) is 0 Å². The average Bonchev–Trinajstić information content (AvgIpc) is 2.69.